The van der Waals surface area contributed by atoms with E-state index >= 15 is 0 Å². The van der Waals surface area contributed by atoms with Gasteiger partial charge in [0.15, 0.2) is 0 Å². The van der Waals surface area contributed by atoms with E-state index < -0.39 is 0 Å². The van der Waals surface area contributed by atoms with Gasteiger partial charge in [-0.25, -0.2) is 0 Å². The maximum Gasteiger partial charge on any atom is 0.118 e. The summed E-state index contributed by atoms with van der Waals surface area (Å²) in [6.07, 6.45) is 6.22. The van der Waals surface area contributed by atoms with Gasteiger partial charge >= 0.3 is 0 Å². The number of benzene rings is 2. The highest BCUT2D eigenvalue weighted by atomic mass is 16.5. The summed E-state index contributed by atoms with van der Waals surface area (Å²) in [5.74, 6) is 0.884. The standard InChI is InChI=1S/C16H15O/c1-17-16-12-10-15(11-13-16)9-5-8-14-6-3-2-4-7-14/h2-13H,1H3/b8-5+. The van der Waals surface area contributed by atoms with E-state index in [1.54, 1.807) is 7.11 Å². The summed E-state index contributed by atoms with van der Waals surface area (Å²) in [5, 5.41) is 0. The molecule has 0 saturated heterocycles. The molecule has 1 heteroatoms. The quantitative estimate of drug-likeness (QED) is 0.762. The number of rotatable bonds is 4. The number of methoxy groups -OCH3 is 1. The van der Waals surface area contributed by atoms with Crippen molar-refractivity contribution in [1.82, 2.24) is 0 Å². The maximum atomic E-state index is 5.11. The Morgan fingerprint density at radius 1 is 0.824 bits per heavy atom. The van der Waals surface area contributed by atoms with Gasteiger partial charge in [-0.2, -0.15) is 0 Å². The van der Waals surface area contributed by atoms with Crippen LogP contribution in [0.2, 0.25) is 0 Å². The Hall–Kier alpha value is -2.02. The molecule has 2 aromatic rings. The van der Waals surface area contributed by atoms with E-state index in [2.05, 4.69) is 30.7 Å². The molecule has 17 heavy (non-hydrogen) atoms. The van der Waals surface area contributed by atoms with Crippen LogP contribution >= 0.6 is 0 Å². The van der Waals surface area contributed by atoms with Crippen molar-refractivity contribution in [3.63, 3.8) is 0 Å². The van der Waals surface area contributed by atoms with E-state index in [1.165, 1.54) is 5.56 Å². The van der Waals surface area contributed by atoms with Crippen molar-refractivity contribution < 1.29 is 4.74 Å². The Bertz CT molecular complexity index is 469. The Morgan fingerprint density at radius 3 is 2.18 bits per heavy atom. The highest BCUT2D eigenvalue weighted by Crippen LogP contribution is 2.13. The largest absolute Gasteiger partial charge is 0.497 e. The lowest BCUT2D eigenvalue weighted by molar-refractivity contribution is 0.414. The van der Waals surface area contributed by atoms with Gasteiger partial charge in [0.2, 0.25) is 0 Å². The molecule has 0 saturated carbocycles. The molecular formula is C16H15O. The molecular weight excluding hydrogens is 208 g/mol. The monoisotopic (exact) mass is 223 g/mol. The molecule has 0 N–H and O–H groups in total. The highest BCUT2D eigenvalue weighted by molar-refractivity contribution is 5.52. The molecule has 0 atom stereocenters. The van der Waals surface area contributed by atoms with Gasteiger partial charge in [-0.15, -0.1) is 0 Å². The molecule has 0 fully saturated rings. The molecule has 0 aromatic heterocycles. The first-order chi connectivity index (χ1) is 8.38. The molecule has 0 amide bonds. The molecule has 0 bridgehead atoms. The Labute approximate surface area is 102 Å². The van der Waals surface area contributed by atoms with Crippen molar-refractivity contribution in [1.29, 1.82) is 0 Å². The molecule has 1 nitrogen and oxygen atoms in total. The third-order valence-electron chi connectivity index (χ3n) is 2.49. The summed E-state index contributed by atoms with van der Waals surface area (Å²) in [6.45, 7) is 0. The van der Waals surface area contributed by atoms with E-state index in [0.29, 0.717) is 0 Å². The molecule has 2 aromatic carbocycles. The Kier molecular flexibility index (Phi) is 3.98. The Morgan fingerprint density at radius 2 is 1.53 bits per heavy atom. The van der Waals surface area contributed by atoms with Crippen LogP contribution in [-0.4, -0.2) is 7.11 Å². The SMILES string of the molecule is COc1ccc([CH]/C=C/c2ccccc2)cc1. The highest BCUT2D eigenvalue weighted by Gasteiger charge is 1.92. The lowest BCUT2D eigenvalue weighted by atomic mass is 10.1. The molecule has 0 spiro atoms. The lowest BCUT2D eigenvalue weighted by Gasteiger charge is -2.00. The average Bonchev–Trinajstić information content (AvgIpc) is 2.41. The van der Waals surface area contributed by atoms with E-state index in [1.807, 2.05) is 42.5 Å². The summed E-state index contributed by atoms with van der Waals surface area (Å²) in [7, 11) is 1.67. The van der Waals surface area contributed by atoms with Crippen LogP contribution in [0.3, 0.4) is 0 Å². The summed E-state index contributed by atoms with van der Waals surface area (Å²) in [5.41, 5.74) is 2.37. The average molecular weight is 223 g/mol. The van der Waals surface area contributed by atoms with Crippen molar-refractivity contribution in [3.05, 3.63) is 78.2 Å². The normalized spacial score (nSPS) is 10.6. The maximum absolute atomic E-state index is 5.11. The van der Waals surface area contributed by atoms with Gasteiger partial charge in [0.1, 0.15) is 5.75 Å². The van der Waals surface area contributed by atoms with Crippen molar-refractivity contribution in [2.24, 2.45) is 0 Å². The fourth-order valence-corrected chi connectivity index (χ4v) is 1.55. The van der Waals surface area contributed by atoms with Crippen LogP contribution in [-0.2, 0) is 0 Å². The minimum absolute atomic E-state index is 0.884. The second kappa shape index (κ2) is 5.90. The van der Waals surface area contributed by atoms with Gasteiger partial charge in [0.25, 0.3) is 0 Å². The molecule has 2 rings (SSSR count). The van der Waals surface area contributed by atoms with Gasteiger partial charge in [-0.05, 0) is 23.3 Å². The number of hydrogen-bond donors (Lipinski definition) is 0. The van der Waals surface area contributed by atoms with Gasteiger partial charge in [0.05, 0.1) is 7.11 Å². The predicted octanol–water partition coefficient (Wildman–Crippen LogP) is 3.96. The van der Waals surface area contributed by atoms with Crippen LogP contribution in [0.5, 0.6) is 5.75 Å². The van der Waals surface area contributed by atoms with E-state index in [0.717, 1.165) is 11.3 Å². The summed E-state index contributed by atoms with van der Waals surface area (Å²) in [6, 6.07) is 18.2. The summed E-state index contributed by atoms with van der Waals surface area (Å²) in [4.78, 5) is 0. The fraction of sp³-hybridized carbons (Fsp3) is 0.0625. The third kappa shape index (κ3) is 3.49. The lowest BCUT2D eigenvalue weighted by Crippen LogP contribution is -1.83. The zero-order chi connectivity index (χ0) is 11.9. The van der Waals surface area contributed by atoms with Gasteiger partial charge < -0.3 is 4.74 Å². The number of hydrogen-bond acceptors (Lipinski definition) is 1. The number of ether oxygens (including phenoxy) is 1. The van der Waals surface area contributed by atoms with Gasteiger partial charge in [0, 0.05) is 6.42 Å². The summed E-state index contributed by atoms with van der Waals surface area (Å²) < 4.78 is 5.11. The number of allylic oxidation sites excluding steroid dienone is 1. The van der Waals surface area contributed by atoms with Crippen molar-refractivity contribution in [3.8, 4) is 5.75 Å². The molecule has 1 radical (unpaired) electrons. The first-order valence-electron chi connectivity index (χ1n) is 5.59. The minimum Gasteiger partial charge on any atom is -0.497 e. The van der Waals surface area contributed by atoms with Crippen LogP contribution in [0.15, 0.2) is 60.7 Å². The van der Waals surface area contributed by atoms with Crippen molar-refractivity contribution >= 4 is 6.08 Å². The van der Waals surface area contributed by atoms with E-state index in [9.17, 15) is 0 Å². The zero-order valence-corrected chi connectivity index (χ0v) is 9.84. The van der Waals surface area contributed by atoms with Crippen LogP contribution in [0.25, 0.3) is 6.08 Å². The van der Waals surface area contributed by atoms with E-state index in [4.69, 9.17) is 4.74 Å². The molecule has 0 aliphatic carbocycles. The smallest absolute Gasteiger partial charge is 0.118 e. The second-order valence-corrected chi connectivity index (χ2v) is 3.71. The Balaban J connectivity index is 1.95. The molecule has 0 aliphatic heterocycles. The topological polar surface area (TPSA) is 9.23 Å². The molecule has 0 heterocycles. The second-order valence-electron chi connectivity index (χ2n) is 3.71. The first kappa shape index (κ1) is 11.5. The first-order valence-corrected chi connectivity index (χ1v) is 5.59. The fourth-order valence-electron chi connectivity index (χ4n) is 1.55. The molecule has 0 unspecified atom stereocenters. The predicted molar refractivity (Wildman–Crippen MR) is 71.9 cm³/mol. The van der Waals surface area contributed by atoms with Crippen molar-refractivity contribution in [2.45, 2.75) is 0 Å². The summed E-state index contributed by atoms with van der Waals surface area (Å²) >= 11 is 0. The third-order valence-corrected chi connectivity index (χ3v) is 2.49. The molecule has 85 valence electrons. The van der Waals surface area contributed by atoms with Crippen LogP contribution < -0.4 is 4.74 Å². The molecule has 0 aliphatic rings. The van der Waals surface area contributed by atoms with Crippen LogP contribution in [0.1, 0.15) is 11.1 Å². The van der Waals surface area contributed by atoms with Crippen molar-refractivity contribution in [2.75, 3.05) is 7.11 Å². The van der Waals surface area contributed by atoms with Gasteiger partial charge in [-0.1, -0.05) is 54.6 Å². The van der Waals surface area contributed by atoms with Crippen LogP contribution in [0.4, 0.5) is 0 Å². The minimum atomic E-state index is 0.884. The van der Waals surface area contributed by atoms with Gasteiger partial charge in [-0.3, -0.25) is 0 Å². The zero-order valence-electron chi connectivity index (χ0n) is 9.84. The van der Waals surface area contributed by atoms with Crippen LogP contribution in [0, 0.1) is 6.42 Å². The van der Waals surface area contributed by atoms with E-state index in [-0.39, 0.29) is 0 Å².